The molecular formula is C12H12F3NO3. The topological polar surface area (TPSA) is 47.6 Å². The van der Waals surface area contributed by atoms with Gasteiger partial charge in [0.1, 0.15) is 11.9 Å². The number of carbonyl (C=O) groups excluding carboxylic acids is 1. The molecule has 0 aliphatic carbocycles. The fraction of sp³-hybridized carbons (Fsp3) is 0.417. The van der Waals surface area contributed by atoms with Crippen molar-refractivity contribution < 1.29 is 27.4 Å². The summed E-state index contributed by atoms with van der Waals surface area (Å²) in [5.74, 6) is -0.621. The standard InChI is InChI=1S/C12H12F3NO3/c13-12(14,15)19-9-5-3-8(4-6-9)16-11(17)10-2-1-7-18-10/h3-6,10H,1-2,7H2,(H,16,17)/t10-/m0/s1. The van der Waals surface area contributed by atoms with Crippen LogP contribution >= 0.6 is 0 Å². The number of rotatable bonds is 3. The van der Waals surface area contributed by atoms with Crippen molar-refractivity contribution in [3.63, 3.8) is 0 Å². The van der Waals surface area contributed by atoms with Crippen LogP contribution in [-0.2, 0) is 9.53 Å². The van der Waals surface area contributed by atoms with Gasteiger partial charge >= 0.3 is 6.36 Å². The van der Waals surface area contributed by atoms with Crippen molar-refractivity contribution in [1.29, 1.82) is 0 Å². The molecule has 0 radical (unpaired) electrons. The van der Waals surface area contributed by atoms with Crippen molar-refractivity contribution in [2.45, 2.75) is 25.3 Å². The molecule has 1 atom stereocenters. The van der Waals surface area contributed by atoms with E-state index in [0.29, 0.717) is 18.7 Å². The summed E-state index contributed by atoms with van der Waals surface area (Å²) < 4.78 is 44.8. The van der Waals surface area contributed by atoms with Gasteiger partial charge in [0.05, 0.1) is 0 Å². The Balaban J connectivity index is 1.93. The lowest BCUT2D eigenvalue weighted by Gasteiger charge is -2.12. The molecule has 2 rings (SSSR count). The molecule has 1 aromatic rings. The maximum atomic E-state index is 11.9. The van der Waals surface area contributed by atoms with Crippen LogP contribution in [-0.4, -0.2) is 25.0 Å². The second-order valence-electron chi connectivity index (χ2n) is 4.06. The number of halogens is 3. The first-order chi connectivity index (χ1) is 8.94. The Morgan fingerprint density at radius 2 is 2.00 bits per heavy atom. The lowest BCUT2D eigenvalue weighted by molar-refractivity contribution is -0.274. The molecule has 4 nitrogen and oxygen atoms in total. The molecule has 104 valence electrons. The average Bonchev–Trinajstić information content (AvgIpc) is 2.83. The summed E-state index contributed by atoms with van der Waals surface area (Å²) in [5.41, 5.74) is 0.398. The van der Waals surface area contributed by atoms with Crippen molar-refractivity contribution >= 4 is 11.6 Å². The largest absolute Gasteiger partial charge is 0.573 e. The first kappa shape index (κ1) is 13.7. The summed E-state index contributed by atoms with van der Waals surface area (Å²) in [6.07, 6.45) is -3.72. The summed E-state index contributed by atoms with van der Waals surface area (Å²) in [5, 5.41) is 2.57. The van der Waals surface area contributed by atoms with Crippen LogP contribution in [0.4, 0.5) is 18.9 Å². The van der Waals surface area contributed by atoms with Crippen LogP contribution in [0.5, 0.6) is 5.75 Å². The Kier molecular flexibility index (Phi) is 3.94. The highest BCUT2D eigenvalue weighted by Crippen LogP contribution is 2.24. The van der Waals surface area contributed by atoms with E-state index in [1.807, 2.05) is 0 Å². The number of ether oxygens (including phenoxy) is 2. The molecule has 1 aliphatic heterocycles. The number of benzene rings is 1. The van der Waals surface area contributed by atoms with Gasteiger partial charge in [-0.2, -0.15) is 0 Å². The molecule has 1 fully saturated rings. The third-order valence-corrected chi connectivity index (χ3v) is 2.58. The number of carbonyl (C=O) groups is 1. The zero-order valence-electron chi connectivity index (χ0n) is 9.87. The van der Waals surface area contributed by atoms with E-state index < -0.39 is 12.5 Å². The quantitative estimate of drug-likeness (QED) is 0.922. The van der Waals surface area contributed by atoms with Gasteiger partial charge in [0.2, 0.25) is 0 Å². The van der Waals surface area contributed by atoms with Gasteiger partial charge in [0.25, 0.3) is 5.91 Å². The summed E-state index contributed by atoms with van der Waals surface area (Å²) in [6.45, 7) is 0.552. The molecule has 1 aliphatic rings. The molecule has 1 amide bonds. The normalized spacial score (nSPS) is 19.2. The van der Waals surface area contributed by atoms with E-state index in [-0.39, 0.29) is 11.7 Å². The summed E-state index contributed by atoms with van der Waals surface area (Å²) in [6, 6.07) is 4.96. The number of amides is 1. The average molecular weight is 275 g/mol. The Morgan fingerprint density at radius 3 is 2.53 bits per heavy atom. The Hall–Kier alpha value is -1.76. The molecule has 1 saturated heterocycles. The van der Waals surface area contributed by atoms with Gasteiger partial charge in [0, 0.05) is 12.3 Å². The first-order valence-corrected chi connectivity index (χ1v) is 5.72. The number of anilines is 1. The third-order valence-electron chi connectivity index (χ3n) is 2.58. The number of nitrogens with one attached hydrogen (secondary N) is 1. The van der Waals surface area contributed by atoms with Crippen LogP contribution in [0.2, 0.25) is 0 Å². The molecule has 0 bridgehead atoms. The van der Waals surface area contributed by atoms with E-state index in [1.54, 1.807) is 0 Å². The zero-order valence-corrected chi connectivity index (χ0v) is 9.87. The smallest absolute Gasteiger partial charge is 0.406 e. The van der Waals surface area contributed by atoms with Crippen molar-refractivity contribution in [3.05, 3.63) is 24.3 Å². The lowest BCUT2D eigenvalue weighted by atomic mass is 10.2. The molecule has 0 saturated carbocycles. The number of alkyl halides is 3. The summed E-state index contributed by atoms with van der Waals surface area (Å²) >= 11 is 0. The highest BCUT2D eigenvalue weighted by molar-refractivity contribution is 5.94. The van der Waals surface area contributed by atoms with E-state index >= 15 is 0 Å². The van der Waals surface area contributed by atoms with Crippen molar-refractivity contribution in [2.75, 3.05) is 11.9 Å². The highest BCUT2D eigenvalue weighted by Gasteiger charge is 2.31. The number of hydrogen-bond acceptors (Lipinski definition) is 3. The van der Waals surface area contributed by atoms with E-state index in [0.717, 1.165) is 18.6 Å². The van der Waals surface area contributed by atoms with E-state index in [4.69, 9.17) is 4.74 Å². The lowest BCUT2D eigenvalue weighted by Crippen LogP contribution is -2.26. The van der Waals surface area contributed by atoms with Crippen LogP contribution in [0, 0.1) is 0 Å². The predicted octanol–water partition coefficient (Wildman–Crippen LogP) is 2.70. The van der Waals surface area contributed by atoms with Gasteiger partial charge in [-0.3, -0.25) is 4.79 Å². The molecule has 7 heteroatoms. The van der Waals surface area contributed by atoms with E-state index in [2.05, 4.69) is 10.1 Å². The van der Waals surface area contributed by atoms with E-state index in [1.165, 1.54) is 12.1 Å². The Morgan fingerprint density at radius 1 is 1.32 bits per heavy atom. The molecular weight excluding hydrogens is 263 g/mol. The van der Waals surface area contributed by atoms with Crippen molar-refractivity contribution in [1.82, 2.24) is 0 Å². The first-order valence-electron chi connectivity index (χ1n) is 5.72. The van der Waals surface area contributed by atoms with Crippen molar-refractivity contribution in [3.8, 4) is 5.75 Å². The molecule has 0 aromatic heterocycles. The van der Waals surface area contributed by atoms with Crippen LogP contribution in [0.15, 0.2) is 24.3 Å². The second kappa shape index (κ2) is 5.48. The molecule has 1 N–H and O–H groups in total. The second-order valence-corrected chi connectivity index (χ2v) is 4.06. The minimum atomic E-state index is -4.72. The minimum absolute atomic E-state index is 0.290. The van der Waals surface area contributed by atoms with Gasteiger partial charge in [-0.1, -0.05) is 0 Å². The zero-order chi connectivity index (χ0) is 13.9. The van der Waals surface area contributed by atoms with Crippen LogP contribution in [0.1, 0.15) is 12.8 Å². The fourth-order valence-electron chi connectivity index (χ4n) is 1.75. The highest BCUT2D eigenvalue weighted by atomic mass is 19.4. The van der Waals surface area contributed by atoms with Gasteiger partial charge in [-0.05, 0) is 37.1 Å². The van der Waals surface area contributed by atoms with Gasteiger partial charge in [-0.25, -0.2) is 0 Å². The minimum Gasteiger partial charge on any atom is -0.406 e. The molecule has 19 heavy (non-hydrogen) atoms. The molecule has 0 spiro atoms. The third kappa shape index (κ3) is 4.13. The Labute approximate surface area is 107 Å². The van der Waals surface area contributed by atoms with Crippen LogP contribution in [0.25, 0.3) is 0 Å². The van der Waals surface area contributed by atoms with Gasteiger partial charge in [0.15, 0.2) is 0 Å². The summed E-state index contributed by atoms with van der Waals surface area (Å²) in [4.78, 5) is 11.7. The number of hydrogen-bond donors (Lipinski definition) is 1. The van der Waals surface area contributed by atoms with Crippen LogP contribution in [0.3, 0.4) is 0 Å². The summed E-state index contributed by atoms with van der Waals surface area (Å²) in [7, 11) is 0. The monoisotopic (exact) mass is 275 g/mol. The maximum Gasteiger partial charge on any atom is 0.573 e. The predicted molar refractivity (Wildman–Crippen MR) is 60.7 cm³/mol. The Bertz CT molecular complexity index is 439. The molecule has 1 heterocycles. The molecule has 1 aromatic carbocycles. The SMILES string of the molecule is O=C(Nc1ccc(OC(F)(F)F)cc1)[C@@H]1CCCO1. The van der Waals surface area contributed by atoms with E-state index in [9.17, 15) is 18.0 Å². The van der Waals surface area contributed by atoms with Gasteiger partial charge in [-0.15, -0.1) is 13.2 Å². The van der Waals surface area contributed by atoms with Crippen molar-refractivity contribution in [2.24, 2.45) is 0 Å². The fourth-order valence-corrected chi connectivity index (χ4v) is 1.75. The molecule has 0 unspecified atom stereocenters. The van der Waals surface area contributed by atoms with Crippen LogP contribution < -0.4 is 10.1 Å². The maximum absolute atomic E-state index is 11.9. The van der Waals surface area contributed by atoms with Gasteiger partial charge < -0.3 is 14.8 Å².